The molecule has 0 saturated carbocycles. The number of nitrogen functional groups attached to an aromatic ring is 1. The van der Waals surface area contributed by atoms with Gasteiger partial charge in [0.1, 0.15) is 0 Å². The van der Waals surface area contributed by atoms with Crippen LogP contribution in [0.5, 0.6) is 0 Å². The maximum Gasteiger partial charge on any atom is 0.234 e. The average Bonchev–Trinajstić information content (AvgIpc) is 2.48. The molecule has 4 nitrogen and oxygen atoms in total. The molecular formula is C12H16BrN3O. The second-order valence-electron chi connectivity index (χ2n) is 4.27. The molecule has 1 heterocycles. The Bertz CT molecular complexity index is 422. The van der Waals surface area contributed by atoms with Crippen molar-refractivity contribution in [1.29, 1.82) is 0 Å². The summed E-state index contributed by atoms with van der Waals surface area (Å²) in [5, 5.41) is 2.87. The summed E-state index contributed by atoms with van der Waals surface area (Å²) in [6.07, 6.45) is 0.998. The molecule has 0 bridgehead atoms. The Kier molecular flexibility index (Phi) is 4.02. The molecule has 0 atom stereocenters. The number of nitrogens with zero attached hydrogens (tertiary/aromatic N) is 1. The minimum atomic E-state index is 0.104. The Morgan fingerprint density at radius 3 is 3.06 bits per heavy atom. The SMILES string of the molecule is Nc1cc(CN2CCCNC(=O)C2)ccc1Br. The summed E-state index contributed by atoms with van der Waals surface area (Å²) in [6, 6.07) is 5.93. The van der Waals surface area contributed by atoms with E-state index in [1.54, 1.807) is 0 Å². The van der Waals surface area contributed by atoms with Gasteiger partial charge in [0.25, 0.3) is 0 Å². The van der Waals surface area contributed by atoms with E-state index in [1.165, 1.54) is 0 Å². The molecule has 1 aliphatic heterocycles. The van der Waals surface area contributed by atoms with Crippen LogP contribution in [0.4, 0.5) is 5.69 Å². The Morgan fingerprint density at radius 2 is 2.29 bits per heavy atom. The van der Waals surface area contributed by atoms with Gasteiger partial charge in [-0.15, -0.1) is 0 Å². The summed E-state index contributed by atoms with van der Waals surface area (Å²) < 4.78 is 0.912. The van der Waals surface area contributed by atoms with Crippen molar-refractivity contribution < 1.29 is 4.79 Å². The van der Waals surface area contributed by atoms with E-state index in [2.05, 4.69) is 26.1 Å². The van der Waals surface area contributed by atoms with Gasteiger partial charge in [-0.05, 0) is 40.0 Å². The minimum Gasteiger partial charge on any atom is -0.398 e. The van der Waals surface area contributed by atoms with Crippen LogP contribution in [0.15, 0.2) is 22.7 Å². The van der Waals surface area contributed by atoms with Gasteiger partial charge in [0.05, 0.1) is 6.54 Å². The van der Waals surface area contributed by atoms with E-state index in [1.807, 2.05) is 18.2 Å². The molecule has 92 valence electrons. The van der Waals surface area contributed by atoms with Crippen molar-refractivity contribution in [2.75, 3.05) is 25.4 Å². The zero-order valence-electron chi connectivity index (χ0n) is 9.58. The van der Waals surface area contributed by atoms with Crippen LogP contribution in [0.2, 0.25) is 0 Å². The molecule has 5 heteroatoms. The van der Waals surface area contributed by atoms with Crippen LogP contribution in [0, 0.1) is 0 Å². The van der Waals surface area contributed by atoms with E-state index in [0.717, 1.165) is 41.8 Å². The van der Waals surface area contributed by atoms with Crippen LogP contribution in [-0.2, 0) is 11.3 Å². The first kappa shape index (κ1) is 12.4. The molecule has 0 radical (unpaired) electrons. The Balaban J connectivity index is 2.03. The van der Waals surface area contributed by atoms with Gasteiger partial charge in [-0.3, -0.25) is 9.69 Å². The highest BCUT2D eigenvalue weighted by atomic mass is 79.9. The summed E-state index contributed by atoms with van der Waals surface area (Å²) in [5.41, 5.74) is 7.72. The molecule has 1 fully saturated rings. The number of rotatable bonds is 2. The van der Waals surface area contributed by atoms with Gasteiger partial charge in [0, 0.05) is 29.8 Å². The fourth-order valence-electron chi connectivity index (χ4n) is 1.95. The second-order valence-corrected chi connectivity index (χ2v) is 5.12. The molecule has 1 amide bonds. The highest BCUT2D eigenvalue weighted by Crippen LogP contribution is 2.21. The van der Waals surface area contributed by atoms with E-state index >= 15 is 0 Å². The van der Waals surface area contributed by atoms with E-state index < -0.39 is 0 Å². The molecule has 3 N–H and O–H groups in total. The number of hydrogen-bond acceptors (Lipinski definition) is 3. The first-order chi connectivity index (χ1) is 8.15. The third-order valence-corrected chi connectivity index (χ3v) is 3.53. The van der Waals surface area contributed by atoms with Gasteiger partial charge in [-0.1, -0.05) is 6.07 Å². The molecule has 1 aliphatic rings. The third-order valence-electron chi connectivity index (χ3n) is 2.81. The summed E-state index contributed by atoms with van der Waals surface area (Å²) >= 11 is 3.37. The van der Waals surface area contributed by atoms with Gasteiger partial charge in [-0.25, -0.2) is 0 Å². The molecule has 0 aliphatic carbocycles. The van der Waals surface area contributed by atoms with Crippen molar-refractivity contribution in [1.82, 2.24) is 10.2 Å². The second kappa shape index (κ2) is 5.51. The fourth-order valence-corrected chi connectivity index (χ4v) is 2.20. The lowest BCUT2D eigenvalue weighted by atomic mass is 10.2. The number of nitrogens with one attached hydrogen (secondary N) is 1. The van der Waals surface area contributed by atoms with Crippen molar-refractivity contribution in [2.45, 2.75) is 13.0 Å². The van der Waals surface area contributed by atoms with E-state index in [9.17, 15) is 4.79 Å². The number of amides is 1. The molecule has 0 unspecified atom stereocenters. The summed E-state index contributed by atoms with van der Waals surface area (Å²) in [4.78, 5) is 13.6. The van der Waals surface area contributed by atoms with E-state index in [0.29, 0.717) is 6.54 Å². The number of halogens is 1. The molecule has 2 rings (SSSR count). The van der Waals surface area contributed by atoms with Crippen LogP contribution in [0.25, 0.3) is 0 Å². The van der Waals surface area contributed by atoms with Gasteiger partial charge < -0.3 is 11.1 Å². The summed E-state index contributed by atoms with van der Waals surface area (Å²) in [6.45, 7) is 2.95. The number of carbonyl (C=O) groups is 1. The lowest BCUT2D eigenvalue weighted by molar-refractivity contribution is -0.121. The Hall–Kier alpha value is -1.07. The zero-order chi connectivity index (χ0) is 12.3. The van der Waals surface area contributed by atoms with Gasteiger partial charge in [0.15, 0.2) is 0 Å². The van der Waals surface area contributed by atoms with Crippen molar-refractivity contribution >= 4 is 27.5 Å². The van der Waals surface area contributed by atoms with Crippen LogP contribution in [-0.4, -0.2) is 30.4 Å². The lowest BCUT2D eigenvalue weighted by Gasteiger charge is -2.18. The molecule has 1 aromatic carbocycles. The number of anilines is 1. The largest absolute Gasteiger partial charge is 0.398 e. The highest BCUT2D eigenvalue weighted by Gasteiger charge is 2.14. The van der Waals surface area contributed by atoms with Gasteiger partial charge in [0.2, 0.25) is 5.91 Å². The normalized spacial score (nSPS) is 17.6. The zero-order valence-corrected chi connectivity index (χ0v) is 11.2. The number of benzene rings is 1. The number of carbonyl (C=O) groups excluding carboxylic acids is 1. The fraction of sp³-hybridized carbons (Fsp3) is 0.417. The van der Waals surface area contributed by atoms with E-state index in [4.69, 9.17) is 5.73 Å². The standard InChI is InChI=1S/C12H16BrN3O/c13-10-3-2-9(6-11(10)14)7-16-5-1-4-15-12(17)8-16/h2-3,6H,1,4-5,7-8,14H2,(H,15,17). The molecule has 0 spiro atoms. The Labute approximate surface area is 109 Å². The molecule has 1 aromatic rings. The predicted octanol–water partition coefficient (Wildman–Crippen LogP) is 1.35. The number of nitrogens with two attached hydrogens (primary N) is 1. The van der Waals surface area contributed by atoms with Crippen molar-refractivity contribution in [2.24, 2.45) is 0 Å². The topological polar surface area (TPSA) is 58.4 Å². The average molecular weight is 298 g/mol. The summed E-state index contributed by atoms with van der Waals surface area (Å²) in [5.74, 6) is 0.104. The van der Waals surface area contributed by atoms with Crippen LogP contribution < -0.4 is 11.1 Å². The molecular weight excluding hydrogens is 282 g/mol. The molecule has 1 saturated heterocycles. The molecule has 0 aromatic heterocycles. The minimum absolute atomic E-state index is 0.104. The van der Waals surface area contributed by atoms with Gasteiger partial charge >= 0.3 is 0 Å². The molecule has 17 heavy (non-hydrogen) atoms. The maximum atomic E-state index is 11.4. The van der Waals surface area contributed by atoms with Crippen molar-refractivity contribution in [3.05, 3.63) is 28.2 Å². The number of hydrogen-bond donors (Lipinski definition) is 2. The smallest absolute Gasteiger partial charge is 0.234 e. The lowest BCUT2D eigenvalue weighted by Crippen LogP contribution is -2.32. The van der Waals surface area contributed by atoms with Crippen LogP contribution in [0.1, 0.15) is 12.0 Å². The van der Waals surface area contributed by atoms with Crippen molar-refractivity contribution in [3.63, 3.8) is 0 Å². The quantitative estimate of drug-likeness (QED) is 0.810. The van der Waals surface area contributed by atoms with Crippen molar-refractivity contribution in [3.8, 4) is 0 Å². The first-order valence-corrected chi connectivity index (χ1v) is 6.47. The highest BCUT2D eigenvalue weighted by molar-refractivity contribution is 9.10. The Morgan fingerprint density at radius 1 is 1.47 bits per heavy atom. The predicted molar refractivity (Wildman–Crippen MR) is 71.5 cm³/mol. The first-order valence-electron chi connectivity index (χ1n) is 5.68. The van der Waals surface area contributed by atoms with Crippen LogP contribution >= 0.6 is 15.9 Å². The summed E-state index contributed by atoms with van der Waals surface area (Å²) in [7, 11) is 0. The van der Waals surface area contributed by atoms with Crippen LogP contribution in [0.3, 0.4) is 0 Å². The van der Waals surface area contributed by atoms with Gasteiger partial charge in [-0.2, -0.15) is 0 Å². The van der Waals surface area contributed by atoms with E-state index in [-0.39, 0.29) is 5.91 Å². The monoisotopic (exact) mass is 297 g/mol. The maximum absolute atomic E-state index is 11.4. The third kappa shape index (κ3) is 3.44.